The molecule has 0 aliphatic heterocycles. The average molecular weight is 332 g/mol. The predicted octanol–water partition coefficient (Wildman–Crippen LogP) is 3.50. The molecule has 2 rings (SSSR count). The molecule has 0 spiro atoms. The Hall–Kier alpha value is -1.30. The second kappa shape index (κ2) is 6.43. The molecule has 2 aromatic rings. The van der Waals surface area contributed by atoms with Crippen LogP contribution in [-0.2, 0) is 9.53 Å². The second-order valence-electron chi connectivity index (χ2n) is 3.97. The Balaban J connectivity index is 2.14. The van der Waals surface area contributed by atoms with Gasteiger partial charge >= 0.3 is 5.97 Å². The topological polar surface area (TPSA) is 55.4 Å². The first-order valence-electron chi connectivity index (χ1n) is 5.75. The highest BCUT2D eigenvalue weighted by atomic mass is 35.5. The summed E-state index contributed by atoms with van der Waals surface area (Å²) >= 11 is 13.4. The summed E-state index contributed by atoms with van der Waals surface area (Å²) in [4.78, 5) is 23.4. The molecule has 0 fully saturated rings. The lowest BCUT2D eigenvalue weighted by Gasteiger charge is -2.02. The van der Waals surface area contributed by atoms with Gasteiger partial charge in [0.05, 0.1) is 18.6 Å². The summed E-state index contributed by atoms with van der Waals surface area (Å²) in [5.74, 6) is -0.684. The number of benzene rings is 1. The molecule has 0 aliphatic rings. The quantitative estimate of drug-likeness (QED) is 0.872. The maximum atomic E-state index is 12.0. The molecule has 0 saturated heterocycles. The van der Waals surface area contributed by atoms with Crippen LogP contribution in [0.25, 0.3) is 10.1 Å². The molecule has 0 unspecified atom stereocenters. The number of carbonyl (C=O) groups is 2. The van der Waals surface area contributed by atoms with Crippen LogP contribution in [0.2, 0.25) is 10.0 Å². The summed E-state index contributed by atoms with van der Waals surface area (Å²) in [5, 5.41) is 4.42. The highest BCUT2D eigenvalue weighted by Gasteiger charge is 2.17. The van der Waals surface area contributed by atoms with Crippen LogP contribution in [0.15, 0.2) is 18.2 Å². The van der Waals surface area contributed by atoms with E-state index in [2.05, 4.69) is 10.1 Å². The van der Waals surface area contributed by atoms with E-state index in [1.54, 1.807) is 18.2 Å². The first-order valence-corrected chi connectivity index (χ1v) is 7.32. The Kier molecular flexibility index (Phi) is 4.86. The fourth-order valence-electron chi connectivity index (χ4n) is 1.65. The number of halogens is 2. The number of carbonyl (C=O) groups excluding carboxylic acids is 2. The molecule has 0 atom stereocenters. The van der Waals surface area contributed by atoms with Gasteiger partial charge in [0.2, 0.25) is 0 Å². The molecular weight excluding hydrogens is 321 g/mol. The van der Waals surface area contributed by atoms with Crippen LogP contribution in [0.5, 0.6) is 0 Å². The van der Waals surface area contributed by atoms with E-state index in [0.29, 0.717) is 14.9 Å². The number of ether oxygens (including phenoxy) is 1. The van der Waals surface area contributed by atoms with Crippen LogP contribution in [0.1, 0.15) is 16.1 Å². The number of fused-ring (bicyclic) bond motifs is 1. The normalized spacial score (nSPS) is 10.6. The Morgan fingerprint density at radius 2 is 2.10 bits per heavy atom. The highest BCUT2D eigenvalue weighted by Crippen LogP contribution is 2.36. The lowest BCUT2D eigenvalue weighted by molar-refractivity contribution is -0.140. The standard InChI is InChI=1S/C13H11Cl2NO3S/c1-19-10(17)4-5-16-13(18)12-11(15)8-3-2-7(14)6-9(8)20-12/h2-3,6H,4-5H2,1H3,(H,16,18). The lowest BCUT2D eigenvalue weighted by Crippen LogP contribution is -2.25. The Bertz CT molecular complexity index is 669. The molecule has 106 valence electrons. The van der Waals surface area contributed by atoms with Crippen molar-refractivity contribution in [2.45, 2.75) is 6.42 Å². The summed E-state index contributed by atoms with van der Waals surface area (Å²) in [6.07, 6.45) is 0.122. The summed E-state index contributed by atoms with van der Waals surface area (Å²) in [7, 11) is 1.30. The minimum Gasteiger partial charge on any atom is -0.469 e. The molecule has 1 aromatic heterocycles. The molecule has 4 nitrogen and oxygen atoms in total. The third-order valence-corrected chi connectivity index (χ3v) is 4.53. The minimum absolute atomic E-state index is 0.122. The van der Waals surface area contributed by atoms with Crippen LogP contribution >= 0.6 is 34.5 Å². The van der Waals surface area contributed by atoms with Crippen LogP contribution in [-0.4, -0.2) is 25.5 Å². The van der Waals surface area contributed by atoms with Crippen molar-refractivity contribution < 1.29 is 14.3 Å². The van der Waals surface area contributed by atoms with Crippen LogP contribution in [0, 0.1) is 0 Å². The van der Waals surface area contributed by atoms with E-state index < -0.39 is 0 Å². The predicted molar refractivity (Wildman–Crippen MR) is 80.8 cm³/mol. The van der Waals surface area contributed by atoms with Crippen LogP contribution in [0.3, 0.4) is 0 Å². The zero-order chi connectivity index (χ0) is 14.7. The number of hydrogen-bond acceptors (Lipinski definition) is 4. The maximum Gasteiger partial charge on any atom is 0.307 e. The Morgan fingerprint density at radius 3 is 2.80 bits per heavy atom. The summed E-state index contributed by atoms with van der Waals surface area (Å²) in [5.41, 5.74) is 0. The first-order chi connectivity index (χ1) is 9.52. The molecule has 20 heavy (non-hydrogen) atoms. The monoisotopic (exact) mass is 331 g/mol. The number of hydrogen-bond donors (Lipinski definition) is 1. The van der Waals surface area contributed by atoms with Crippen molar-refractivity contribution >= 4 is 56.5 Å². The van der Waals surface area contributed by atoms with E-state index in [9.17, 15) is 9.59 Å². The van der Waals surface area contributed by atoms with Gasteiger partial charge in [-0.25, -0.2) is 0 Å². The number of nitrogens with one attached hydrogen (secondary N) is 1. The number of rotatable bonds is 4. The smallest absolute Gasteiger partial charge is 0.307 e. The molecule has 1 N–H and O–H groups in total. The third-order valence-electron chi connectivity index (χ3n) is 2.64. The van der Waals surface area contributed by atoms with Crippen molar-refractivity contribution in [2.24, 2.45) is 0 Å². The maximum absolute atomic E-state index is 12.0. The summed E-state index contributed by atoms with van der Waals surface area (Å²) in [6.45, 7) is 0.205. The van der Waals surface area contributed by atoms with Crippen molar-refractivity contribution in [3.8, 4) is 0 Å². The molecule has 7 heteroatoms. The molecule has 0 radical (unpaired) electrons. The van der Waals surface area contributed by atoms with Gasteiger partial charge in [0, 0.05) is 21.7 Å². The minimum atomic E-state index is -0.375. The van der Waals surface area contributed by atoms with Gasteiger partial charge in [0.15, 0.2) is 0 Å². The van der Waals surface area contributed by atoms with E-state index in [1.165, 1.54) is 18.4 Å². The van der Waals surface area contributed by atoms with Gasteiger partial charge in [-0.2, -0.15) is 0 Å². The van der Waals surface area contributed by atoms with Crippen LogP contribution < -0.4 is 5.32 Å². The molecule has 1 aromatic carbocycles. The van der Waals surface area contributed by atoms with E-state index in [0.717, 1.165) is 10.1 Å². The molecule has 0 saturated carbocycles. The van der Waals surface area contributed by atoms with E-state index in [4.69, 9.17) is 23.2 Å². The van der Waals surface area contributed by atoms with Crippen molar-refractivity contribution in [1.82, 2.24) is 5.32 Å². The van der Waals surface area contributed by atoms with E-state index >= 15 is 0 Å². The van der Waals surface area contributed by atoms with Crippen molar-refractivity contribution in [2.75, 3.05) is 13.7 Å². The molecule has 1 amide bonds. The average Bonchev–Trinajstić information content (AvgIpc) is 2.75. The number of esters is 1. The zero-order valence-corrected chi connectivity index (χ0v) is 12.9. The van der Waals surface area contributed by atoms with E-state index in [-0.39, 0.29) is 24.8 Å². The third kappa shape index (κ3) is 3.23. The zero-order valence-electron chi connectivity index (χ0n) is 10.5. The summed E-state index contributed by atoms with van der Waals surface area (Å²) < 4.78 is 5.34. The SMILES string of the molecule is COC(=O)CCNC(=O)c1sc2cc(Cl)ccc2c1Cl. The van der Waals surface area contributed by atoms with Gasteiger partial charge in [0.1, 0.15) is 4.88 Å². The summed E-state index contributed by atoms with van der Waals surface area (Å²) in [6, 6.07) is 5.27. The molecule has 0 aliphatic carbocycles. The fourth-order valence-corrected chi connectivity index (χ4v) is 3.35. The van der Waals surface area contributed by atoms with Crippen molar-refractivity contribution in [3.05, 3.63) is 33.1 Å². The second-order valence-corrected chi connectivity index (χ2v) is 5.83. The highest BCUT2D eigenvalue weighted by molar-refractivity contribution is 7.21. The Morgan fingerprint density at radius 1 is 1.35 bits per heavy atom. The van der Waals surface area contributed by atoms with Crippen molar-refractivity contribution in [3.63, 3.8) is 0 Å². The van der Waals surface area contributed by atoms with E-state index in [1.807, 2.05) is 0 Å². The molecular formula is C13H11Cl2NO3S. The van der Waals surface area contributed by atoms with Gasteiger partial charge < -0.3 is 10.1 Å². The number of amides is 1. The largest absolute Gasteiger partial charge is 0.469 e. The van der Waals surface area contributed by atoms with Gasteiger partial charge in [-0.05, 0) is 12.1 Å². The molecule has 1 heterocycles. The Labute approximate surface area is 129 Å². The van der Waals surface area contributed by atoms with Crippen LogP contribution in [0.4, 0.5) is 0 Å². The van der Waals surface area contributed by atoms with Gasteiger partial charge in [-0.1, -0.05) is 29.3 Å². The fraction of sp³-hybridized carbons (Fsp3) is 0.231. The first kappa shape index (κ1) is 15.1. The number of thiophene rings is 1. The molecule has 0 bridgehead atoms. The van der Waals surface area contributed by atoms with Gasteiger partial charge in [-0.3, -0.25) is 9.59 Å². The van der Waals surface area contributed by atoms with Gasteiger partial charge in [0.25, 0.3) is 5.91 Å². The van der Waals surface area contributed by atoms with Gasteiger partial charge in [-0.15, -0.1) is 11.3 Å². The lowest BCUT2D eigenvalue weighted by atomic mass is 10.2. The number of methoxy groups -OCH3 is 1. The van der Waals surface area contributed by atoms with Crippen molar-refractivity contribution in [1.29, 1.82) is 0 Å².